The lowest BCUT2D eigenvalue weighted by Gasteiger charge is -2.05. The molecular formula is CH3N5O3. The van der Waals surface area contributed by atoms with Gasteiger partial charge in [-0.05, 0) is 5.17 Å². The van der Waals surface area contributed by atoms with Gasteiger partial charge in [0.25, 0.3) is 0 Å². The van der Waals surface area contributed by atoms with Gasteiger partial charge in [0.2, 0.25) is 0 Å². The Labute approximate surface area is 49.1 Å². The van der Waals surface area contributed by atoms with Crippen LogP contribution >= 0.6 is 0 Å². The molecular weight excluding hydrogens is 130 g/mol. The molecule has 50 valence electrons. The van der Waals surface area contributed by atoms with Crippen LogP contribution in [0.15, 0.2) is 10.3 Å². The van der Waals surface area contributed by atoms with E-state index in [9.17, 15) is 10.1 Å². The van der Waals surface area contributed by atoms with Crippen LogP contribution in [0, 0.1) is 10.1 Å². The molecule has 0 saturated carbocycles. The van der Waals surface area contributed by atoms with Crippen LogP contribution in [0.4, 0.5) is 0 Å². The highest BCUT2D eigenvalue weighted by molar-refractivity contribution is 4.32. The average molecular weight is 133 g/mol. The Balaban J connectivity index is 2.22. The van der Waals surface area contributed by atoms with E-state index in [0.717, 1.165) is 5.17 Å². The molecule has 1 aliphatic rings. The average Bonchev–Trinajstić information content (AvgIpc) is 2.15. The number of hydrogen-bond donors (Lipinski definition) is 1. The summed E-state index contributed by atoms with van der Waals surface area (Å²) in [5, 5.41) is 15.9. The van der Waals surface area contributed by atoms with Gasteiger partial charge >= 0.3 is 5.09 Å². The van der Waals surface area contributed by atoms with Crippen LogP contribution in [0.25, 0.3) is 0 Å². The molecule has 1 aliphatic heterocycles. The number of hydroxylamine groups is 1. The van der Waals surface area contributed by atoms with E-state index in [-0.39, 0.29) is 6.67 Å². The summed E-state index contributed by atoms with van der Waals surface area (Å²) in [6, 6.07) is 0. The van der Waals surface area contributed by atoms with Crippen molar-refractivity contribution in [3.05, 3.63) is 10.1 Å². The Morgan fingerprint density at radius 1 is 1.89 bits per heavy atom. The van der Waals surface area contributed by atoms with Crippen molar-refractivity contribution in [2.24, 2.45) is 10.3 Å². The van der Waals surface area contributed by atoms with Crippen molar-refractivity contribution in [2.45, 2.75) is 0 Å². The number of nitrogens with one attached hydrogen (secondary N) is 1. The van der Waals surface area contributed by atoms with Gasteiger partial charge in [-0.25, -0.2) is 0 Å². The lowest BCUT2D eigenvalue weighted by atomic mass is 11.2. The zero-order valence-corrected chi connectivity index (χ0v) is 4.22. The van der Waals surface area contributed by atoms with Crippen LogP contribution in [0.3, 0.4) is 0 Å². The van der Waals surface area contributed by atoms with E-state index in [4.69, 9.17) is 0 Å². The van der Waals surface area contributed by atoms with Gasteiger partial charge in [-0.1, -0.05) is 5.22 Å². The van der Waals surface area contributed by atoms with E-state index < -0.39 is 5.09 Å². The zero-order chi connectivity index (χ0) is 6.69. The van der Waals surface area contributed by atoms with Gasteiger partial charge in [0.05, 0.1) is 0 Å². The monoisotopic (exact) mass is 133 g/mol. The molecule has 0 bridgehead atoms. The molecule has 0 atom stereocenters. The van der Waals surface area contributed by atoms with Gasteiger partial charge in [0.1, 0.15) is 0 Å². The molecule has 1 N–H and O–H groups in total. The van der Waals surface area contributed by atoms with E-state index in [1.165, 1.54) is 0 Å². The summed E-state index contributed by atoms with van der Waals surface area (Å²) in [5.74, 6) is 0. The normalized spacial score (nSPS) is 17.3. The minimum atomic E-state index is -0.955. The molecule has 0 spiro atoms. The third kappa shape index (κ3) is 1.49. The van der Waals surface area contributed by atoms with E-state index in [2.05, 4.69) is 20.8 Å². The molecule has 8 heteroatoms. The summed E-state index contributed by atoms with van der Waals surface area (Å²) in [5.41, 5.74) is 2.12. The second-order valence-electron chi connectivity index (χ2n) is 1.17. The van der Waals surface area contributed by atoms with E-state index in [1.54, 1.807) is 0 Å². The third-order valence-electron chi connectivity index (χ3n) is 0.584. The van der Waals surface area contributed by atoms with Crippen LogP contribution in [0.5, 0.6) is 0 Å². The Morgan fingerprint density at radius 2 is 2.67 bits per heavy atom. The van der Waals surface area contributed by atoms with Crippen LogP contribution in [0.2, 0.25) is 0 Å². The van der Waals surface area contributed by atoms with E-state index in [0.29, 0.717) is 0 Å². The van der Waals surface area contributed by atoms with Gasteiger partial charge in [-0.2, -0.15) is 10.5 Å². The molecule has 0 aromatic heterocycles. The largest absolute Gasteiger partial charge is 0.313 e. The lowest BCUT2D eigenvalue weighted by molar-refractivity contribution is -0.814. The molecule has 8 nitrogen and oxygen atoms in total. The SMILES string of the molecule is O=[N+]([O-])ON1CN=NN1. The lowest BCUT2D eigenvalue weighted by Crippen LogP contribution is -2.32. The van der Waals surface area contributed by atoms with Crippen LogP contribution < -0.4 is 5.53 Å². The van der Waals surface area contributed by atoms with E-state index in [1.807, 2.05) is 0 Å². The topological polar surface area (TPSA) is 92.4 Å². The van der Waals surface area contributed by atoms with Crippen molar-refractivity contribution in [3.8, 4) is 0 Å². The van der Waals surface area contributed by atoms with Crippen LogP contribution in [0.1, 0.15) is 0 Å². The number of hydrazine groups is 1. The van der Waals surface area contributed by atoms with Crippen molar-refractivity contribution in [2.75, 3.05) is 6.67 Å². The number of nitrogens with zero attached hydrogens (tertiary/aromatic N) is 4. The Hall–Kier alpha value is -1.44. The van der Waals surface area contributed by atoms with Crippen molar-refractivity contribution >= 4 is 0 Å². The van der Waals surface area contributed by atoms with Crippen LogP contribution in [-0.2, 0) is 4.94 Å². The first kappa shape index (κ1) is 5.69. The summed E-state index contributed by atoms with van der Waals surface area (Å²) < 4.78 is 0. The first-order valence-corrected chi connectivity index (χ1v) is 2.01. The Morgan fingerprint density at radius 3 is 3.11 bits per heavy atom. The van der Waals surface area contributed by atoms with Crippen molar-refractivity contribution in [3.63, 3.8) is 0 Å². The van der Waals surface area contributed by atoms with Gasteiger partial charge in [0, 0.05) is 0 Å². The van der Waals surface area contributed by atoms with Crippen LogP contribution in [-0.4, -0.2) is 16.9 Å². The molecule has 9 heavy (non-hydrogen) atoms. The highest BCUT2D eigenvalue weighted by atomic mass is 17.0. The number of hydrogen-bond acceptors (Lipinski definition) is 7. The smallest absolute Gasteiger partial charge is 0.196 e. The summed E-state index contributed by atoms with van der Waals surface area (Å²) in [6.45, 7) is 0.0287. The summed E-state index contributed by atoms with van der Waals surface area (Å²) >= 11 is 0. The molecule has 0 fully saturated rings. The zero-order valence-electron chi connectivity index (χ0n) is 4.22. The number of rotatable bonds is 2. The highest BCUT2D eigenvalue weighted by Gasteiger charge is 2.10. The molecule has 0 saturated heterocycles. The van der Waals surface area contributed by atoms with Gasteiger partial charge in [0.15, 0.2) is 6.67 Å². The fourth-order valence-corrected chi connectivity index (χ4v) is 0.327. The maximum absolute atomic E-state index is 9.57. The fraction of sp³-hybridized carbons (Fsp3) is 1.00. The molecule has 0 amide bonds. The van der Waals surface area contributed by atoms with Crippen molar-refractivity contribution < 1.29 is 10.0 Å². The van der Waals surface area contributed by atoms with E-state index >= 15 is 0 Å². The Kier molecular flexibility index (Phi) is 1.40. The standard InChI is InChI=1S/CH3N5O3/c7-6(8)9-5-1-2-3-4-5/h1H2,(H,2,4). The Bertz CT molecular complexity index is 135. The van der Waals surface area contributed by atoms with Crippen molar-refractivity contribution in [1.29, 1.82) is 0 Å². The molecule has 0 aromatic rings. The van der Waals surface area contributed by atoms with Gasteiger partial charge < -0.3 is 0 Å². The molecule has 1 rings (SSSR count). The summed E-state index contributed by atoms with van der Waals surface area (Å²) in [7, 11) is 0. The van der Waals surface area contributed by atoms with Gasteiger partial charge in [-0.3, -0.25) is 0 Å². The minimum absolute atomic E-state index is 0.0287. The van der Waals surface area contributed by atoms with Crippen molar-refractivity contribution in [1.82, 2.24) is 10.7 Å². The molecule has 0 unspecified atom stereocenters. The quantitative estimate of drug-likeness (QED) is 0.395. The molecule has 0 aromatic carbocycles. The maximum atomic E-state index is 9.57. The summed E-state index contributed by atoms with van der Waals surface area (Å²) in [6.07, 6.45) is 0. The fourth-order valence-electron chi connectivity index (χ4n) is 0.327. The minimum Gasteiger partial charge on any atom is -0.196 e. The van der Waals surface area contributed by atoms with Gasteiger partial charge in [-0.15, -0.1) is 15.2 Å². The first-order valence-electron chi connectivity index (χ1n) is 2.01. The maximum Gasteiger partial charge on any atom is 0.313 e. The second-order valence-corrected chi connectivity index (χ2v) is 1.17. The second kappa shape index (κ2) is 2.22. The predicted octanol–water partition coefficient (Wildman–Crippen LogP) is -0.745. The predicted molar refractivity (Wildman–Crippen MR) is 22.8 cm³/mol. The molecule has 1 heterocycles. The summed E-state index contributed by atoms with van der Waals surface area (Å²) in [4.78, 5) is 13.4. The molecule has 0 radical (unpaired) electrons. The molecule has 0 aliphatic carbocycles. The third-order valence-corrected chi connectivity index (χ3v) is 0.584. The highest BCUT2D eigenvalue weighted by Crippen LogP contribution is 1.92. The first-order chi connectivity index (χ1) is 4.29.